The molecule has 66 heavy (non-hydrogen) atoms. The van der Waals surface area contributed by atoms with E-state index in [0.29, 0.717) is 32.2 Å². The summed E-state index contributed by atoms with van der Waals surface area (Å²) in [6.07, 6.45) is 38.7. The Kier molecular flexibility index (Phi) is 45.7. The van der Waals surface area contributed by atoms with Crippen molar-refractivity contribution in [2.75, 3.05) is 47.1 Å². The molecule has 0 fully saturated rings. The maximum atomic E-state index is 13.4. The lowest BCUT2D eigenvalue weighted by Crippen LogP contribution is -2.30. The van der Waals surface area contributed by atoms with Crippen LogP contribution in [0.1, 0.15) is 253 Å². The molecule has 0 saturated heterocycles. The summed E-state index contributed by atoms with van der Waals surface area (Å²) in [5.74, 6) is -0.351. The second-order valence-electron chi connectivity index (χ2n) is 19.2. The summed E-state index contributed by atoms with van der Waals surface area (Å²) < 4.78 is 47.3. The molecule has 0 aliphatic carbocycles. The summed E-state index contributed by atoms with van der Waals surface area (Å²) in [6, 6.07) is 0. The Morgan fingerprint density at radius 3 is 1.45 bits per heavy atom. The minimum atomic E-state index is -3.98. The van der Waals surface area contributed by atoms with E-state index in [4.69, 9.17) is 27.8 Å². The molecule has 0 aromatic rings. The largest absolute Gasteiger partial charge is 0.474 e. The Bertz CT molecular complexity index is 1200. The number of rotatable bonds is 50. The summed E-state index contributed by atoms with van der Waals surface area (Å²) in [6.45, 7) is 10.8. The van der Waals surface area contributed by atoms with E-state index in [-0.39, 0.29) is 51.2 Å². The molecule has 0 aromatic heterocycles. The number of hydrogen-bond donors (Lipinski definition) is 0. The second kappa shape index (κ2) is 46.9. The summed E-state index contributed by atoms with van der Waals surface area (Å²) >= 11 is 0. The van der Waals surface area contributed by atoms with Gasteiger partial charge in [-0.25, -0.2) is 4.57 Å². The van der Waals surface area contributed by atoms with Gasteiger partial charge in [-0.2, -0.15) is 0 Å². The standard InChI is InChI=1S/C54H104NO10P/c1-8-11-13-15-17-18-19-20-21-22-23-26-29-33-37-41-52(56)60-47-51(48-63-66(59,61-10-3)62-46-45-55(6)7)65-54(58)44-43-50(40-36-32-16-14-12-9-2)64-53(57)42-38-34-30-27-24-25-28-31-35-39-49(4)5/h20-21,49-51H,8-19,22-48H2,1-7H3/b21-20-/t50?,51-,66?/m1/s1. The Morgan fingerprint density at radius 2 is 0.939 bits per heavy atom. The molecule has 2 unspecified atom stereocenters. The van der Waals surface area contributed by atoms with Crippen molar-refractivity contribution in [2.24, 2.45) is 5.92 Å². The second-order valence-corrected chi connectivity index (χ2v) is 20.9. The molecule has 0 saturated carbocycles. The average Bonchev–Trinajstić information content (AvgIpc) is 3.27. The highest BCUT2D eigenvalue weighted by Crippen LogP contribution is 2.49. The fourth-order valence-corrected chi connectivity index (χ4v) is 8.93. The molecule has 0 radical (unpaired) electrons. The van der Waals surface area contributed by atoms with Crippen LogP contribution >= 0.6 is 7.82 Å². The van der Waals surface area contributed by atoms with Crippen molar-refractivity contribution in [2.45, 2.75) is 265 Å². The van der Waals surface area contributed by atoms with Crippen molar-refractivity contribution in [1.29, 1.82) is 0 Å². The molecule has 0 rings (SSSR count). The highest BCUT2D eigenvalue weighted by molar-refractivity contribution is 7.48. The minimum Gasteiger partial charge on any atom is -0.462 e. The number of phosphoric ester groups is 1. The molecular formula is C54H104NO10P. The predicted molar refractivity (Wildman–Crippen MR) is 273 cm³/mol. The lowest BCUT2D eigenvalue weighted by Gasteiger charge is -2.23. The third-order valence-corrected chi connectivity index (χ3v) is 13.4. The number of nitrogens with zero attached hydrogens (tertiary/aromatic N) is 1. The van der Waals surface area contributed by atoms with Gasteiger partial charge in [-0.3, -0.25) is 28.0 Å². The Labute approximate surface area is 406 Å². The van der Waals surface area contributed by atoms with Gasteiger partial charge in [-0.1, -0.05) is 181 Å². The first-order valence-corrected chi connectivity index (χ1v) is 28.8. The van der Waals surface area contributed by atoms with Crippen LogP contribution in [0.3, 0.4) is 0 Å². The van der Waals surface area contributed by atoms with Crippen molar-refractivity contribution in [1.82, 2.24) is 4.90 Å². The quantitative estimate of drug-likeness (QED) is 0.0190. The third-order valence-electron chi connectivity index (χ3n) is 11.9. The Hall–Kier alpha value is -1.78. The Morgan fingerprint density at radius 1 is 0.485 bits per heavy atom. The monoisotopic (exact) mass is 958 g/mol. The van der Waals surface area contributed by atoms with Crippen molar-refractivity contribution < 1.29 is 46.7 Å². The smallest absolute Gasteiger partial charge is 0.462 e. The summed E-state index contributed by atoms with van der Waals surface area (Å²) in [4.78, 5) is 41.0. The van der Waals surface area contributed by atoms with Crippen LogP contribution < -0.4 is 0 Å². The maximum Gasteiger partial charge on any atom is 0.474 e. The van der Waals surface area contributed by atoms with Crippen LogP contribution in [0.5, 0.6) is 0 Å². The van der Waals surface area contributed by atoms with Gasteiger partial charge >= 0.3 is 25.7 Å². The van der Waals surface area contributed by atoms with Crippen LogP contribution in [0.4, 0.5) is 0 Å². The van der Waals surface area contributed by atoms with Gasteiger partial charge in [-0.05, 0) is 84.7 Å². The van der Waals surface area contributed by atoms with Gasteiger partial charge in [0.25, 0.3) is 0 Å². The van der Waals surface area contributed by atoms with Gasteiger partial charge in [0.2, 0.25) is 0 Å². The number of phosphoric acid groups is 1. The number of esters is 3. The maximum absolute atomic E-state index is 13.4. The highest BCUT2D eigenvalue weighted by atomic mass is 31.2. The van der Waals surface area contributed by atoms with E-state index in [1.54, 1.807) is 6.92 Å². The average molecular weight is 958 g/mol. The first kappa shape index (κ1) is 64.2. The zero-order chi connectivity index (χ0) is 48.8. The lowest BCUT2D eigenvalue weighted by molar-refractivity contribution is -0.162. The normalized spacial score (nSPS) is 13.7. The number of likely N-dealkylation sites (N-methyl/N-ethyl adjacent to an activating group) is 1. The van der Waals surface area contributed by atoms with Crippen LogP contribution in [-0.4, -0.2) is 82.1 Å². The van der Waals surface area contributed by atoms with Gasteiger partial charge in [0.1, 0.15) is 12.7 Å². The van der Waals surface area contributed by atoms with Crippen molar-refractivity contribution in [3.8, 4) is 0 Å². The number of hydrogen-bond acceptors (Lipinski definition) is 11. The zero-order valence-corrected chi connectivity index (χ0v) is 44.8. The first-order valence-electron chi connectivity index (χ1n) is 27.3. The van der Waals surface area contributed by atoms with E-state index in [1.807, 2.05) is 19.0 Å². The number of ether oxygens (including phenoxy) is 3. The van der Waals surface area contributed by atoms with E-state index >= 15 is 0 Å². The van der Waals surface area contributed by atoms with Gasteiger partial charge < -0.3 is 19.1 Å². The fourth-order valence-electron chi connectivity index (χ4n) is 7.74. The minimum absolute atomic E-state index is 0.00701. The van der Waals surface area contributed by atoms with E-state index in [2.05, 4.69) is 39.8 Å². The zero-order valence-electron chi connectivity index (χ0n) is 43.9. The third kappa shape index (κ3) is 44.7. The molecule has 0 N–H and O–H groups in total. The molecule has 11 nitrogen and oxygen atoms in total. The number of carbonyl (C=O) groups excluding carboxylic acids is 3. The molecule has 0 spiro atoms. The van der Waals surface area contributed by atoms with Crippen LogP contribution in [0.2, 0.25) is 0 Å². The number of allylic oxidation sites excluding steroid dienone is 2. The van der Waals surface area contributed by atoms with Crippen molar-refractivity contribution in [3.05, 3.63) is 12.2 Å². The molecular weight excluding hydrogens is 854 g/mol. The molecule has 0 aliphatic heterocycles. The van der Waals surface area contributed by atoms with E-state index < -0.39 is 26.0 Å². The lowest BCUT2D eigenvalue weighted by atomic mass is 10.0. The summed E-state index contributed by atoms with van der Waals surface area (Å²) in [5, 5.41) is 0. The molecule has 12 heteroatoms. The summed E-state index contributed by atoms with van der Waals surface area (Å²) in [5.41, 5.74) is 0. The highest BCUT2D eigenvalue weighted by Gasteiger charge is 2.30. The van der Waals surface area contributed by atoms with Crippen LogP contribution in [0.15, 0.2) is 12.2 Å². The molecule has 0 amide bonds. The first-order chi connectivity index (χ1) is 31.9. The topological polar surface area (TPSA) is 127 Å². The van der Waals surface area contributed by atoms with Gasteiger partial charge in [0.15, 0.2) is 6.10 Å². The molecule has 0 bridgehead atoms. The van der Waals surface area contributed by atoms with Crippen LogP contribution in [0.25, 0.3) is 0 Å². The van der Waals surface area contributed by atoms with Gasteiger partial charge in [-0.15, -0.1) is 0 Å². The van der Waals surface area contributed by atoms with Crippen molar-refractivity contribution in [3.63, 3.8) is 0 Å². The molecule has 0 aromatic carbocycles. The number of carbonyl (C=O) groups is 3. The van der Waals surface area contributed by atoms with E-state index in [0.717, 1.165) is 76.5 Å². The van der Waals surface area contributed by atoms with E-state index in [9.17, 15) is 18.9 Å². The van der Waals surface area contributed by atoms with Crippen LogP contribution in [-0.2, 0) is 46.7 Å². The fraction of sp³-hybridized carbons (Fsp3) is 0.907. The molecule has 0 heterocycles. The van der Waals surface area contributed by atoms with E-state index in [1.165, 1.54) is 109 Å². The van der Waals surface area contributed by atoms with Crippen molar-refractivity contribution >= 4 is 25.7 Å². The molecule has 390 valence electrons. The van der Waals surface area contributed by atoms with Gasteiger partial charge in [0.05, 0.1) is 19.8 Å². The molecule has 3 atom stereocenters. The summed E-state index contributed by atoms with van der Waals surface area (Å²) in [7, 11) is -0.242. The predicted octanol–water partition coefficient (Wildman–Crippen LogP) is 15.6. The molecule has 0 aliphatic rings. The van der Waals surface area contributed by atoms with Gasteiger partial charge in [0, 0.05) is 25.8 Å². The Balaban J connectivity index is 5.12. The number of unbranched alkanes of at least 4 members (excludes halogenated alkanes) is 24. The SMILES string of the molecule is CCCCCCCC/C=C\CCCCCCCC(=O)OC[C@H](COP(=O)(OCC)OCCN(C)C)OC(=O)CCC(CCCCCCCC)OC(=O)CCCCCCCCCCCC(C)C. The van der Waals surface area contributed by atoms with Crippen LogP contribution in [0, 0.1) is 5.92 Å².